The molecule has 0 radical (unpaired) electrons. The number of carbonyl (C=O) groups excluding carboxylic acids is 1. The van der Waals surface area contributed by atoms with Crippen LogP contribution < -0.4 is 0 Å². The lowest BCUT2D eigenvalue weighted by atomic mass is 9.62. The first-order chi connectivity index (χ1) is 15.4. The van der Waals surface area contributed by atoms with E-state index in [-0.39, 0.29) is 17.5 Å². The monoisotopic (exact) mass is 478 g/mol. The number of hydrogen-bond acceptors (Lipinski definition) is 5. The van der Waals surface area contributed by atoms with Gasteiger partial charge in [0, 0.05) is 16.7 Å². The number of rotatable bonds is 12. The van der Waals surface area contributed by atoms with Crippen molar-refractivity contribution in [3.63, 3.8) is 0 Å². The van der Waals surface area contributed by atoms with Gasteiger partial charge in [-0.05, 0) is 75.5 Å². The molecule has 0 aliphatic heterocycles. The van der Waals surface area contributed by atoms with Gasteiger partial charge in [0.2, 0.25) is 0 Å². The largest absolute Gasteiger partial charge is 0.469 e. The van der Waals surface area contributed by atoms with Gasteiger partial charge < -0.3 is 14.9 Å². The SMILES string of the molecule is COC(=O)CCC/C=C\CC1=C(/C=C/CC(O)C2(Cc3ccc(Cl)s3)CCC2)[C@H](O)CC1. The lowest BCUT2D eigenvalue weighted by molar-refractivity contribution is -0.140. The molecule has 1 heterocycles. The normalized spacial score (nSPS) is 21.4. The van der Waals surface area contributed by atoms with E-state index in [1.54, 1.807) is 11.3 Å². The van der Waals surface area contributed by atoms with E-state index >= 15 is 0 Å². The second-order valence-corrected chi connectivity index (χ2v) is 10.8. The minimum absolute atomic E-state index is 0.0447. The number of unbranched alkanes of at least 4 members (excludes halogenated alkanes) is 1. The van der Waals surface area contributed by atoms with E-state index in [4.69, 9.17) is 11.6 Å². The van der Waals surface area contributed by atoms with Gasteiger partial charge in [0.05, 0.1) is 23.7 Å². The standard InChI is InChI=1S/C26H35ClO4S/c1-31-25(30)11-5-3-2-4-8-19-12-14-22(28)21(19)9-6-10-23(29)26(16-7-17-26)18-20-13-15-24(27)32-20/h2,4,6,9,13,15,22-23,28-29H,3,5,7-8,10-12,14,16-18H2,1H3/b4-2-,9-6+/t22-,23?/m1/s1. The molecule has 4 nitrogen and oxygen atoms in total. The lowest BCUT2D eigenvalue weighted by Gasteiger charge is -2.45. The molecule has 2 atom stereocenters. The van der Waals surface area contributed by atoms with Crippen LogP contribution in [0, 0.1) is 5.41 Å². The van der Waals surface area contributed by atoms with Crippen molar-refractivity contribution >= 4 is 28.9 Å². The van der Waals surface area contributed by atoms with Crippen LogP contribution in [-0.2, 0) is 16.0 Å². The molecule has 1 unspecified atom stereocenters. The van der Waals surface area contributed by atoms with E-state index in [0.29, 0.717) is 12.8 Å². The molecule has 2 N–H and O–H groups in total. The Balaban J connectivity index is 1.52. The molecule has 0 aromatic carbocycles. The Morgan fingerprint density at radius 1 is 1.34 bits per heavy atom. The van der Waals surface area contributed by atoms with E-state index < -0.39 is 6.10 Å². The quantitative estimate of drug-likeness (QED) is 0.214. The Hall–Kier alpha value is -1.40. The molecule has 2 aliphatic carbocycles. The van der Waals surface area contributed by atoms with E-state index in [1.165, 1.54) is 24.0 Å². The zero-order chi connectivity index (χ0) is 23.0. The third kappa shape index (κ3) is 6.80. The number of aliphatic hydroxyl groups excluding tert-OH is 2. The number of hydrogen-bond donors (Lipinski definition) is 2. The summed E-state index contributed by atoms with van der Waals surface area (Å²) < 4.78 is 5.45. The van der Waals surface area contributed by atoms with Crippen molar-refractivity contribution in [3.05, 3.63) is 56.8 Å². The molecule has 1 aromatic heterocycles. The Morgan fingerprint density at radius 3 is 2.81 bits per heavy atom. The predicted octanol–water partition coefficient (Wildman–Crippen LogP) is 6.16. The summed E-state index contributed by atoms with van der Waals surface area (Å²) in [5.74, 6) is -0.169. The zero-order valence-corrected chi connectivity index (χ0v) is 20.5. The van der Waals surface area contributed by atoms with Crippen molar-refractivity contribution in [1.29, 1.82) is 0 Å². The Bertz CT molecular complexity index is 850. The second-order valence-electron chi connectivity index (χ2n) is 9.01. The number of ether oxygens (including phenoxy) is 1. The lowest BCUT2D eigenvalue weighted by Crippen LogP contribution is -2.42. The number of halogens is 1. The van der Waals surface area contributed by atoms with Crippen LogP contribution >= 0.6 is 22.9 Å². The molecular formula is C26H35ClO4S. The van der Waals surface area contributed by atoms with Gasteiger partial charge in [0.1, 0.15) is 0 Å². The number of carbonyl (C=O) groups is 1. The minimum Gasteiger partial charge on any atom is -0.469 e. The fourth-order valence-electron chi connectivity index (χ4n) is 4.73. The second kappa shape index (κ2) is 12.2. The molecule has 0 bridgehead atoms. The first-order valence-corrected chi connectivity index (χ1v) is 12.8. The molecule has 1 aromatic rings. The summed E-state index contributed by atoms with van der Waals surface area (Å²) in [4.78, 5) is 12.4. The van der Waals surface area contributed by atoms with Crippen LogP contribution in [0.15, 0.2) is 47.6 Å². The number of aliphatic hydroxyl groups is 2. The summed E-state index contributed by atoms with van der Waals surface area (Å²) >= 11 is 7.69. The van der Waals surface area contributed by atoms with Crippen molar-refractivity contribution in [2.75, 3.05) is 7.11 Å². The molecule has 1 fully saturated rings. The fraction of sp³-hybridized carbons (Fsp3) is 0.577. The van der Waals surface area contributed by atoms with E-state index in [9.17, 15) is 15.0 Å². The van der Waals surface area contributed by atoms with Gasteiger partial charge in [-0.1, -0.05) is 47.9 Å². The highest BCUT2D eigenvalue weighted by Crippen LogP contribution is 2.48. The van der Waals surface area contributed by atoms with Gasteiger partial charge in [0.15, 0.2) is 0 Å². The molecule has 0 spiro atoms. The third-order valence-corrected chi connectivity index (χ3v) is 8.10. The first kappa shape index (κ1) is 25.2. The molecule has 0 saturated heterocycles. The Labute approximate surface area is 200 Å². The summed E-state index contributed by atoms with van der Waals surface area (Å²) in [5.41, 5.74) is 2.22. The molecular weight excluding hydrogens is 444 g/mol. The van der Waals surface area contributed by atoms with Crippen LogP contribution in [0.5, 0.6) is 0 Å². The van der Waals surface area contributed by atoms with Gasteiger partial charge in [-0.2, -0.15) is 0 Å². The van der Waals surface area contributed by atoms with Crippen molar-refractivity contribution in [2.45, 2.75) is 82.8 Å². The van der Waals surface area contributed by atoms with Gasteiger partial charge >= 0.3 is 5.97 Å². The van der Waals surface area contributed by atoms with E-state index in [2.05, 4.69) is 23.0 Å². The number of esters is 1. The van der Waals surface area contributed by atoms with Crippen molar-refractivity contribution in [2.24, 2.45) is 5.41 Å². The topological polar surface area (TPSA) is 66.8 Å². The highest BCUT2D eigenvalue weighted by molar-refractivity contribution is 7.16. The summed E-state index contributed by atoms with van der Waals surface area (Å²) in [6.07, 6.45) is 16.8. The van der Waals surface area contributed by atoms with Gasteiger partial charge in [-0.15, -0.1) is 11.3 Å². The van der Waals surface area contributed by atoms with Crippen LogP contribution in [-0.4, -0.2) is 35.5 Å². The first-order valence-electron chi connectivity index (χ1n) is 11.6. The van der Waals surface area contributed by atoms with Crippen molar-refractivity contribution in [1.82, 2.24) is 0 Å². The molecule has 2 aliphatic rings. The van der Waals surface area contributed by atoms with E-state index in [0.717, 1.165) is 61.3 Å². The number of methoxy groups -OCH3 is 1. The minimum atomic E-state index is -0.419. The predicted molar refractivity (Wildman–Crippen MR) is 131 cm³/mol. The highest BCUT2D eigenvalue weighted by atomic mass is 35.5. The maximum Gasteiger partial charge on any atom is 0.305 e. The van der Waals surface area contributed by atoms with Crippen LogP contribution in [0.25, 0.3) is 0 Å². The summed E-state index contributed by atoms with van der Waals surface area (Å²) in [5, 5.41) is 21.4. The van der Waals surface area contributed by atoms with Crippen molar-refractivity contribution < 1.29 is 19.7 Å². The Morgan fingerprint density at radius 2 is 2.16 bits per heavy atom. The summed E-state index contributed by atoms with van der Waals surface area (Å²) in [6.45, 7) is 0. The van der Waals surface area contributed by atoms with Crippen molar-refractivity contribution in [3.8, 4) is 0 Å². The summed E-state index contributed by atoms with van der Waals surface area (Å²) in [7, 11) is 1.41. The molecule has 176 valence electrons. The smallest absolute Gasteiger partial charge is 0.305 e. The number of thiophene rings is 1. The summed E-state index contributed by atoms with van der Waals surface area (Å²) in [6, 6.07) is 4.01. The van der Waals surface area contributed by atoms with Crippen LogP contribution in [0.2, 0.25) is 4.34 Å². The van der Waals surface area contributed by atoms with Crippen LogP contribution in [0.3, 0.4) is 0 Å². The Kier molecular flexibility index (Phi) is 9.60. The molecule has 3 rings (SSSR count). The van der Waals surface area contributed by atoms with Crippen LogP contribution in [0.1, 0.15) is 69.1 Å². The molecule has 0 amide bonds. The molecule has 32 heavy (non-hydrogen) atoms. The zero-order valence-electron chi connectivity index (χ0n) is 18.9. The average molecular weight is 479 g/mol. The number of allylic oxidation sites excluding steroid dienone is 3. The third-order valence-electron chi connectivity index (χ3n) is 6.87. The van der Waals surface area contributed by atoms with Gasteiger partial charge in [-0.25, -0.2) is 0 Å². The highest BCUT2D eigenvalue weighted by Gasteiger charge is 2.43. The molecule has 1 saturated carbocycles. The molecule has 6 heteroatoms. The van der Waals surface area contributed by atoms with Crippen LogP contribution in [0.4, 0.5) is 0 Å². The van der Waals surface area contributed by atoms with Gasteiger partial charge in [0.25, 0.3) is 0 Å². The average Bonchev–Trinajstić information content (AvgIpc) is 3.32. The maximum absolute atomic E-state index is 11.1. The van der Waals surface area contributed by atoms with Gasteiger partial charge in [-0.3, -0.25) is 4.79 Å². The van der Waals surface area contributed by atoms with E-state index in [1.807, 2.05) is 18.2 Å². The fourth-order valence-corrected chi connectivity index (χ4v) is 5.97. The maximum atomic E-state index is 11.1.